The van der Waals surface area contributed by atoms with Gasteiger partial charge in [0.05, 0.1) is 12.1 Å². The average Bonchev–Trinajstić information content (AvgIpc) is 2.36. The van der Waals surface area contributed by atoms with Crippen LogP contribution in [0, 0.1) is 0 Å². The Kier molecular flexibility index (Phi) is 2.65. The van der Waals surface area contributed by atoms with Gasteiger partial charge in [-0.25, -0.2) is 0 Å². The van der Waals surface area contributed by atoms with Crippen molar-refractivity contribution >= 4 is 11.8 Å². The largest absolute Gasteiger partial charge is 0.368 e. The van der Waals surface area contributed by atoms with Crippen molar-refractivity contribution in [3.05, 3.63) is 0 Å². The van der Waals surface area contributed by atoms with Gasteiger partial charge in [-0.3, -0.25) is 14.9 Å². The molecule has 12 heavy (non-hydrogen) atoms. The smallest absolute Gasteiger partial charge is 0.237 e. The minimum atomic E-state index is -0.446. The van der Waals surface area contributed by atoms with Crippen LogP contribution in [0.25, 0.3) is 0 Å². The lowest BCUT2D eigenvalue weighted by Crippen LogP contribution is -2.47. The van der Waals surface area contributed by atoms with Gasteiger partial charge in [0.2, 0.25) is 11.8 Å². The number of nitrogens with two attached hydrogens (primary N) is 1. The molecule has 0 radical (unpaired) electrons. The summed E-state index contributed by atoms with van der Waals surface area (Å²) in [6, 6.07) is -0.702. The van der Waals surface area contributed by atoms with E-state index in [0.29, 0.717) is 6.54 Å². The Labute approximate surface area is 70.7 Å². The summed E-state index contributed by atoms with van der Waals surface area (Å²) in [6.45, 7) is 2.32. The minimum absolute atomic E-state index is 0.0527. The van der Waals surface area contributed by atoms with Crippen LogP contribution in [0.4, 0.5) is 0 Å². The van der Waals surface area contributed by atoms with Crippen molar-refractivity contribution in [2.45, 2.75) is 25.4 Å². The lowest BCUT2D eigenvalue weighted by Gasteiger charge is -2.13. The van der Waals surface area contributed by atoms with Crippen LogP contribution in [0.5, 0.6) is 0 Å². The highest BCUT2D eigenvalue weighted by Gasteiger charge is 2.26. The maximum Gasteiger partial charge on any atom is 0.237 e. The standard InChI is InChI=1S/C7H13N3O2/c1-4(6(8)11)10-5-2-3-9-7(5)12/h4-5,10H,2-3H2,1H3,(H2,8,11)(H,9,12). The number of hydrogen-bond acceptors (Lipinski definition) is 3. The molecule has 2 unspecified atom stereocenters. The van der Waals surface area contributed by atoms with Crippen molar-refractivity contribution in [3.63, 3.8) is 0 Å². The molecule has 1 rings (SSSR count). The van der Waals surface area contributed by atoms with Crippen LogP contribution >= 0.6 is 0 Å². The average molecular weight is 171 g/mol. The molecule has 0 spiro atoms. The van der Waals surface area contributed by atoms with Gasteiger partial charge in [-0.15, -0.1) is 0 Å². The molecule has 0 saturated carbocycles. The summed E-state index contributed by atoms with van der Waals surface area (Å²) in [5.41, 5.74) is 5.03. The van der Waals surface area contributed by atoms with E-state index < -0.39 is 11.9 Å². The Hall–Kier alpha value is -1.10. The van der Waals surface area contributed by atoms with E-state index in [-0.39, 0.29) is 11.9 Å². The molecule has 68 valence electrons. The van der Waals surface area contributed by atoms with Gasteiger partial charge in [-0.1, -0.05) is 0 Å². The summed E-state index contributed by atoms with van der Waals surface area (Å²) in [7, 11) is 0. The predicted molar refractivity (Wildman–Crippen MR) is 43.2 cm³/mol. The van der Waals surface area contributed by atoms with Crippen LogP contribution < -0.4 is 16.4 Å². The molecule has 0 aromatic carbocycles. The van der Waals surface area contributed by atoms with E-state index >= 15 is 0 Å². The summed E-state index contributed by atoms with van der Waals surface area (Å²) >= 11 is 0. The van der Waals surface area contributed by atoms with Crippen molar-refractivity contribution < 1.29 is 9.59 Å². The monoisotopic (exact) mass is 171 g/mol. The lowest BCUT2D eigenvalue weighted by molar-refractivity contribution is -0.122. The van der Waals surface area contributed by atoms with Crippen molar-refractivity contribution in [1.82, 2.24) is 10.6 Å². The van der Waals surface area contributed by atoms with Crippen LogP contribution in [-0.2, 0) is 9.59 Å². The first-order valence-corrected chi connectivity index (χ1v) is 3.94. The number of rotatable bonds is 3. The van der Waals surface area contributed by atoms with E-state index in [0.717, 1.165) is 6.42 Å². The normalized spacial score (nSPS) is 25.1. The van der Waals surface area contributed by atoms with Crippen molar-refractivity contribution in [1.29, 1.82) is 0 Å². The molecule has 1 aliphatic heterocycles. The highest BCUT2D eigenvalue weighted by Crippen LogP contribution is 2.00. The molecule has 1 aliphatic rings. The molecule has 1 heterocycles. The first-order chi connectivity index (χ1) is 5.61. The van der Waals surface area contributed by atoms with E-state index in [9.17, 15) is 9.59 Å². The molecule has 5 heteroatoms. The molecule has 0 aromatic rings. The SMILES string of the molecule is CC(NC1CCNC1=O)C(N)=O. The van der Waals surface area contributed by atoms with Crippen LogP contribution in [0.1, 0.15) is 13.3 Å². The van der Waals surface area contributed by atoms with Crippen molar-refractivity contribution in [2.75, 3.05) is 6.54 Å². The second-order valence-corrected chi connectivity index (χ2v) is 2.92. The predicted octanol–water partition coefficient (Wildman–Crippen LogP) is -1.66. The molecular weight excluding hydrogens is 158 g/mol. The Morgan fingerprint density at radius 2 is 2.50 bits per heavy atom. The zero-order chi connectivity index (χ0) is 9.14. The second kappa shape index (κ2) is 3.53. The van der Waals surface area contributed by atoms with Gasteiger partial charge in [0.1, 0.15) is 0 Å². The summed E-state index contributed by atoms with van der Waals surface area (Å²) in [4.78, 5) is 21.6. The molecule has 2 atom stereocenters. The Morgan fingerprint density at radius 3 is 2.92 bits per heavy atom. The van der Waals surface area contributed by atoms with Gasteiger partial charge in [-0.2, -0.15) is 0 Å². The number of primary amides is 1. The van der Waals surface area contributed by atoms with Crippen molar-refractivity contribution in [3.8, 4) is 0 Å². The Morgan fingerprint density at radius 1 is 1.83 bits per heavy atom. The summed E-state index contributed by atoms with van der Waals surface area (Å²) in [5.74, 6) is -0.488. The fourth-order valence-corrected chi connectivity index (χ4v) is 1.14. The van der Waals surface area contributed by atoms with Gasteiger partial charge >= 0.3 is 0 Å². The van der Waals surface area contributed by atoms with Crippen molar-refractivity contribution in [2.24, 2.45) is 5.73 Å². The fraction of sp³-hybridized carbons (Fsp3) is 0.714. The maximum absolute atomic E-state index is 11.0. The van der Waals surface area contributed by atoms with E-state index in [1.54, 1.807) is 6.92 Å². The highest BCUT2D eigenvalue weighted by atomic mass is 16.2. The third-order valence-electron chi connectivity index (χ3n) is 1.93. The number of carbonyl (C=O) groups excluding carboxylic acids is 2. The quantitative estimate of drug-likeness (QED) is 0.475. The molecule has 0 aliphatic carbocycles. The van der Waals surface area contributed by atoms with Gasteiger partial charge in [0.25, 0.3) is 0 Å². The van der Waals surface area contributed by atoms with E-state index in [2.05, 4.69) is 10.6 Å². The second-order valence-electron chi connectivity index (χ2n) is 2.92. The molecule has 4 N–H and O–H groups in total. The molecule has 0 aromatic heterocycles. The Balaban J connectivity index is 2.40. The van der Waals surface area contributed by atoms with E-state index in [1.807, 2.05) is 0 Å². The molecule has 2 amide bonds. The molecule has 1 fully saturated rings. The third kappa shape index (κ3) is 1.94. The zero-order valence-corrected chi connectivity index (χ0v) is 6.96. The van der Waals surface area contributed by atoms with Crippen LogP contribution in [0.15, 0.2) is 0 Å². The van der Waals surface area contributed by atoms with Crippen LogP contribution in [-0.4, -0.2) is 30.4 Å². The minimum Gasteiger partial charge on any atom is -0.368 e. The lowest BCUT2D eigenvalue weighted by atomic mass is 10.2. The maximum atomic E-state index is 11.0. The van der Waals surface area contributed by atoms with E-state index in [1.165, 1.54) is 0 Å². The fourth-order valence-electron chi connectivity index (χ4n) is 1.14. The van der Waals surface area contributed by atoms with Crippen LogP contribution in [0.2, 0.25) is 0 Å². The number of nitrogens with one attached hydrogen (secondary N) is 2. The van der Waals surface area contributed by atoms with E-state index in [4.69, 9.17) is 5.73 Å². The summed E-state index contributed by atoms with van der Waals surface area (Å²) < 4.78 is 0. The number of amides is 2. The first-order valence-electron chi connectivity index (χ1n) is 3.94. The zero-order valence-electron chi connectivity index (χ0n) is 6.96. The Bertz CT molecular complexity index is 205. The van der Waals surface area contributed by atoms with Crippen LogP contribution in [0.3, 0.4) is 0 Å². The summed E-state index contributed by atoms with van der Waals surface area (Å²) in [6.07, 6.45) is 0.719. The summed E-state index contributed by atoms with van der Waals surface area (Å²) in [5, 5.41) is 5.50. The van der Waals surface area contributed by atoms with Gasteiger partial charge < -0.3 is 11.1 Å². The van der Waals surface area contributed by atoms with Gasteiger partial charge in [-0.05, 0) is 13.3 Å². The molecular formula is C7H13N3O2. The highest BCUT2D eigenvalue weighted by molar-refractivity contribution is 5.85. The van der Waals surface area contributed by atoms with Gasteiger partial charge in [0.15, 0.2) is 0 Å². The first kappa shape index (κ1) is 8.99. The topological polar surface area (TPSA) is 84.2 Å². The molecule has 1 saturated heterocycles. The number of hydrogen-bond donors (Lipinski definition) is 3. The molecule has 5 nitrogen and oxygen atoms in total. The number of carbonyl (C=O) groups is 2. The van der Waals surface area contributed by atoms with Gasteiger partial charge in [0, 0.05) is 6.54 Å². The molecule has 0 bridgehead atoms. The third-order valence-corrected chi connectivity index (χ3v) is 1.93.